The first kappa shape index (κ1) is 16.4. The molecule has 0 bridgehead atoms. The summed E-state index contributed by atoms with van der Waals surface area (Å²) in [5, 5.41) is 0. The molecule has 0 radical (unpaired) electrons. The lowest BCUT2D eigenvalue weighted by molar-refractivity contribution is 0.566. The van der Waals surface area contributed by atoms with Gasteiger partial charge in [0.2, 0.25) is 10.0 Å². The van der Waals surface area contributed by atoms with Crippen molar-refractivity contribution in [3.8, 4) is 5.69 Å². The van der Waals surface area contributed by atoms with Crippen LogP contribution in [0.15, 0.2) is 78.0 Å². The Bertz CT molecular complexity index is 920. The second-order valence-electron chi connectivity index (χ2n) is 5.48. The van der Waals surface area contributed by atoms with Gasteiger partial charge in [0.25, 0.3) is 0 Å². The lowest BCUT2D eigenvalue weighted by Crippen LogP contribution is -2.27. The van der Waals surface area contributed by atoms with E-state index < -0.39 is 21.9 Å². The number of sulfonamides is 1. The minimum atomic E-state index is -3.71. The Morgan fingerprint density at radius 3 is 2.33 bits per heavy atom. The topological polar surface area (TPSA) is 51.1 Å². The molecule has 0 fully saturated rings. The fraction of sp³-hybridized carbons (Fsp3) is 0.111. The fourth-order valence-electron chi connectivity index (χ4n) is 2.44. The van der Waals surface area contributed by atoms with Gasteiger partial charge >= 0.3 is 0 Å². The van der Waals surface area contributed by atoms with Gasteiger partial charge < -0.3 is 4.57 Å². The molecule has 0 aliphatic rings. The summed E-state index contributed by atoms with van der Waals surface area (Å²) in [5.74, 6) is -0.471. The van der Waals surface area contributed by atoms with Gasteiger partial charge in [-0.1, -0.05) is 12.1 Å². The van der Waals surface area contributed by atoms with Gasteiger partial charge in [-0.3, -0.25) is 0 Å². The lowest BCUT2D eigenvalue weighted by Gasteiger charge is -2.16. The first-order valence-corrected chi connectivity index (χ1v) is 8.95. The van der Waals surface area contributed by atoms with Crippen LogP contribution in [0.3, 0.4) is 0 Å². The zero-order chi connectivity index (χ0) is 17.2. The Morgan fingerprint density at radius 1 is 1.00 bits per heavy atom. The molecule has 0 saturated heterocycles. The Morgan fingerprint density at radius 2 is 1.67 bits per heavy atom. The summed E-state index contributed by atoms with van der Waals surface area (Å²) >= 11 is 0. The predicted molar refractivity (Wildman–Crippen MR) is 90.9 cm³/mol. The van der Waals surface area contributed by atoms with Gasteiger partial charge in [0.1, 0.15) is 5.82 Å². The van der Waals surface area contributed by atoms with Gasteiger partial charge in [0.15, 0.2) is 0 Å². The van der Waals surface area contributed by atoms with Crippen LogP contribution in [0.2, 0.25) is 0 Å². The van der Waals surface area contributed by atoms with Crippen molar-refractivity contribution >= 4 is 10.0 Å². The highest BCUT2D eigenvalue weighted by Crippen LogP contribution is 2.20. The molecular formula is C18H17FN2O2S. The van der Waals surface area contributed by atoms with Crippen molar-refractivity contribution in [1.29, 1.82) is 0 Å². The summed E-state index contributed by atoms with van der Waals surface area (Å²) in [4.78, 5) is 0.0392. The Kier molecular flexibility index (Phi) is 4.51. The van der Waals surface area contributed by atoms with Gasteiger partial charge in [-0.25, -0.2) is 17.5 Å². The van der Waals surface area contributed by atoms with Crippen molar-refractivity contribution < 1.29 is 12.8 Å². The van der Waals surface area contributed by atoms with E-state index in [0.717, 1.165) is 23.4 Å². The maximum atomic E-state index is 13.0. The summed E-state index contributed by atoms with van der Waals surface area (Å²) in [7, 11) is -3.71. The molecule has 0 spiro atoms. The second kappa shape index (κ2) is 6.59. The van der Waals surface area contributed by atoms with E-state index in [1.807, 2.05) is 53.4 Å². The minimum absolute atomic E-state index is 0.0392. The van der Waals surface area contributed by atoms with Gasteiger partial charge in [-0.2, -0.15) is 0 Å². The summed E-state index contributed by atoms with van der Waals surface area (Å²) in [6.07, 6.45) is 3.85. The van der Waals surface area contributed by atoms with Gasteiger partial charge in [0.05, 0.1) is 4.90 Å². The normalized spacial score (nSPS) is 12.9. The van der Waals surface area contributed by atoms with Crippen LogP contribution in [0.1, 0.15) is 18.5 Å². The maximum Gasteiger partial charge on any atom is 0.241 e. The standard InChI is InChI=1S/C18H17FN2O2S/c1-14(20-24(22,23)18-9-7-16(19)8-10-18)15-5-4-6-17(13-15)21-11-2-3-12-21/h2-14,20H,1H3. The molecule has 1 heterocycles. The zero-order valence-electron chi connectivity index (χ0n) is 13.1. The van der Waals surface area contributed by atoms with Crippen molar-refractivity contribution in [3.05, 3.63) is 84.4 Å². The van der Waals surface area contributed by atoms with E-state index in [1.54, 1.807) is 6.92 Å². The number of hydrogen-bond acceptors (Lipinski definition) is 2. The molecular weight excluding hydrogens is 327 g/mol. The number of hydrogen-bond donors (Lipinski definition) is 1. The van der Waals surface area contributed by atoms with Crippen LogP contribution >= 0.6 is 0 Å². The quantitative estimate of drug-likeness (QED) is 0.768. The van der Waals surface area contributed by atoms with Crippen LogP contribution in [0.25, 0.3) is 5.69 Å². The highest BCUT2D eigenvalue weighted by molar-refractivity contribution is 7.89. The largest absolute Gasteiger partial charge is 0.324 e. The Labute approximate surface area is 140 Å². The highest BCUT2D eigenvalue weighted by Gasteiger charge is 2.18. The third-order valence-corrected chi connectivity index (χ3v) is 5.29. The average molecular weight is 344 g/mol. The maximum absolute atomic E-state index is 13.0. The number of nitrogens with zero attached hydrogens (tertiary/aromatic N) is 1. The lowest BCUT2D eigenvalue weighted by atomic mass is 10.1. The molecule has 1 aromatic heterocycles. The summed E-state index contributed by atoms with van der Waals surface area (Å²) in [6, 6.07) is 15.8. The number of halogens is 1. The van der Waals surface area contributed by atoms with E-state index in [1.165, 1.54) is 12.1 Å². The van der Waals surface area contributed by atoms with E-state index in [4.69, 9.17) is 0 Å². The van der Waals surface area contributed by atoms with Crippen LogP contribution in [0.4, 0.5) is 4.39 Å². The summed E-state index contributed by atoms with van der Waals surface area (Å²) in [5.41, 5.74) is 1.79. The van der Waals surface area contributed by atoms with Crippen LogP contribution in [0.5, 0.6) is 0 Å². The van der Waals surface area contributed by atoms with Crippen molar-refractivity contribution in [1.82, 2.24) is 9.29 Å². The van der Waals surface area contributed by atoms with Crippen LogP contribution in [0, 0.1) is 5.82 Å². The minimum Gasteiger partial charge on any atom is -0.324 e. The van der Waals surface area contributed by atoms with E-state index >= 15 is 0 Å². The highest BCUT2D eigenvalue weighted by atomic mass is 32.2. The van der Waals surface area contributed by atoms with E-state index in [-0.39, 0.29) is 4.90 Å². The monoisotopic (exact) mass is 344 g/mol. The molecule has 6 heteroatoms. The molecule has 1 unspecified atom stereocenters. The molecule has 0 amide bonds. The fourth-order valence-corrected chi connectivity index (χ4v) is 3.68. The van der Waals surface area contributed by atoms with Crippen LogP contribution < -0.4 is 4.72 Å². The van der Waals surface area contributed by atoms with Crippen molar-refractivity contribution in [3.63, 3.8) is 0 Å². The molecule has 1 N–H and O–H groups in total. The van der Waals surface area contributed by atoms with Crippen LogP contribution in [-0.4, -0.2) is 13.0 Å². The molecule has 124 valence electrons. The predicted octanol–water partition coefficient (Wildman–Crippen LogP) is 3.66. The molecule has 0 aliphatic carbocycles. The SMILES string of the molecule is CC(NS(=O)(=O)c1ccc(F)cc1)c1cccc(-n2cccc2)c1. The van der Waals surface area contributed by atoms with Gasteiger partial charge in [0, 0.05) is 24.1 Å². The van der Waals surface area contributed by atoms with Crippen molar-refractivity contribution in [2.75, 3.05) is 0 Å². The molecule has 24 heavy (non-hydrogen) atoms. The number of aromatic nitrogens is 1. The van der Waals surface area contributed by atoms with E-state index in [0.29, 0.717) is 0 Å². The van der Waals surface area contributed by atoms with Crippen molar-refractivity contribution in [2.45, 2.75) is 17.9 Å². The average Bonchev–Trinajstić information content (AvgIpc) is 3.09. The van der Waals surface area contributed by atoms with Crippen molar-refractivity contribution in [2.24, 2.45) is 0 Å². The molecule has 4 nitrogen and oxygen atoms in total. The molecule has 2 aromatic carbocycles. The first-order valence-electron chi connectivity index (χ1n) is 7.47. The third kappa shape index (κ3) is 3.55. The summed E-state index contributed by atoms with van der Waals surface area (Å²) in [6.45, 7) is 1.77. The number of rotatable bonds is 5. The van der Waals surface area contributed by atoms with Crippen LogP contribution in [-0.2, 0) is 10.0 Å². The van der Waals surface area contributed by atoms with Gasteiger partial charge in [-0.15, -0.1) is 0 Å². The molecule has 1 atom stereocenters. The Balaban J connectivity index is 1.83. The third-order valence-electron chi connectivity index (χ3n) is 3.73. The Hall–Kier alpha value is -2.44. The number of nitrogens with one attached hydrogen (secondary N) is 1. The van der Waals surface area contributed by atoms with E-state index in [9.17, 15) is 12.8 Å². The zero-order valence-corrected chi connectivity index (χ0v) is 13.9. The smallest absolute Gasteiger partial charge is 0.241 e. The van der Waals surface area contributed by atoms with E-state index in [2.05, 4.69) is 4.72 Å². The number of benzene rings is 2. The second-order valence-corrected chi connectivity index (χ2v) is 7.20. The summed E-state index contributed by atoms with van der Waals surface area (Å²) < 4.78 is 42.3. The molecule has 0 saturated carbocycles. The molecule has 0 aliphatic heterocycles. The molecule has 3 aromatic rings. The van der Waals surface area contributed by atoms with Gasteiger partial charge in [-0.05, 0) is 61.0 Å². The first-order chi connectivity index (χ1) is 11.5. The molecule has 3 rings (SSSR count).